The van der Waals surface area contributed by atoms with E-state index in [1.54, 1.807) is 18.3 Å². The number of primary amides is 1. The average molecular weight is 315 g/mol. The van der Waals surface area contributed by atoms with Crippen LogP contribution in [0.4, 0.5) is 0 Å². The topological polar surface area (TPSA) is 81.5 Å². The highest BCUT2D eigenvalue weighted by molar-refractivity contribution is 5.93. The second kappa shape index (κ2) is 6.79. The Balaban J connectivity index is 1.84. The molecule has 3 aromatic carbocycles. The van der Waals surface area contributed by atoms with Crippen molar-refractivity contribution >= 4 is 35.0 Å². The van der Waals surface area contributed by atoms with Gasteiger partial charge in [-0.1, -0.05) is 48.6 Å². The van der Waals surface area contributed by atoms with E-state index in [9.17, 15) is 4.79 Å². The van der Waals surface area contributed by atoms with E-state index in [1.165, 1.54) is 0 Å². The molecule has 1 amide bonds. The van der Waals surface area contributed by atoms with Crippen molar-refractivity contribution in [3.63, 3.8) is 0 Å². The Labute approximate surface area is 140 Å². The first kappa shape index (κ1) is 15.5. The van der Waals surface area contributed by atoms with Gasteiger partial charge in [0, 0.05) is 5.56 Å². The van der Waals surface area contributed by atoms with Crippen LogP contribution in [-0.2, 0) is 0 Å². The van der Waals surface area contributed by atoms with Gasteiger partial charge < -0.3 is 11.6 Å². The van der Waals surface area contributed by atoms with E-state index >= 15 is 0 Å². The lowest BCUT2D eigenvalue weighted by Crippen LogP contribution is -2.10. The molecule has 0 fully saturated rings. The number of nitrogens with zero attached hydrogens (tertiary/aromatic N) is 1. The maximum atomic E-state index is 11.1. The van der Waals surface area contributed by atoms with Gasteiger partial charge in [0.25, 0.3) is 0 Å². The normalized spacial score (nSPS) is 11.5. The van der Waals surface area contributed by atoms with Crippen LogP contribution in [0.15, 0.2) is 65.8 Å². The van der Waals surface area contributed by atoms with Crippen LogP contribution in [0.2, 0.25) is 0 Å². The number of amides is 1. The summed E-state index contributed by atoms with van der Waals surface area (Å²) in [6, 6.07) is 19.5. The van der Waals surface area contributed by atoms with E-state index in [2.05, 4.69) is 23.3 Å². The van der Waals surface area contributed by atoms with E-state index < -0.39 is 5.91 Å². The third kappa shape index (κ3) is 3.50. The Morgan fingerprint density at radius 2 is 1.33 bits per heavy atom. The molecular formula is C20H17N3O. The zero-order valence-electron chi connectivity index (χ0n) is 13.0. The van der Waals surface area contributed by atoms with Crippen molar-refractivity contribution in [3.05, 3.63) is 82.9 Å². The van der Waals surface area contributed by atoms with Gasteiger partial charge in [-0.3, -0.25) is 4.79 Å². The lowest BCUT2D eigenvalue weighted by atomic mass is 10.0. The summed E-state index contributed by atoms with van der Waals surface area (Å²) >= 11 is 0. The maximum absolute atomic E-state index is 11.1. The summed E-state index contributed by atoms with van der Waals surface area (Å²) in [5, 5.41) is 5.83. The molecule has 0 radical (unpaired) electrons. The van der Waals surface area contributed by atoms with Crippen LogP contribution in [0.1, 0.15) is 27.0 Å². The van der Waals surface area contributed by atoms with Gasteiger partial charge in [0.1, 0.15) is 0 Å². The van der Waals surface area contributed by atoms with Crippen molar-refractivity contribution in [3.8, 4) is 0 Å². The maximum Gasteiger partial charge on any atom is 0.248 e. The van der Waals surface area contributed by atoms with Crippen LogP contribution in [-0.4, -0.2) is 12.1 Å². The Kier molecular flexibility index (Phi) is 4.38. The molecule has 3 aromatic rings. The van der Waals surface area contributed by atoms with Crippen molar-refractivity contribution in [2.75, 3.05) is 0 Å². The Morgan fingerprint density at radius 3 is 1.96 bits per heavy atom. The smallest absolute Gasteiger partial charge is 0.248 e. The van der Waals surface area contributed by atoms with Gasteiger partial charge >= 0.3 is 0 Å². The van der Waals surface area contributed by atoms with Gasteiger partial charge in [0.05, 0.1) is 6.21 Å². The summed E-state index contributed by atoms with van der Waals surface area (Å²) in [6.07, 6.45) is 5.67. The number of nitrogens with two attached hydrogens (primary N) is 2. The molecule has 0 unspecified atom stereocenters. The highest BCUT2D eigenvalue weighted by Crippen LogP contribution is 2.19. The van der Waals surface area contributed by atoms with E-state index in [0.717, 1.165) is 27.5 Å². The number of hydrogen-bond donors (Lipinski definition) is 2. The molecule has 24 heavy (non-hydrogen) atoms. The highest BCUT2D eigenvalue weighted by Gasteiger charge is 1.99. The summed E-state index contributed by atoms with van der Waals surface area (Å²) in [6.45, 7) is 0. The number of benzene rings is 3. The number of carbonyl (C=O) groups is 1. The second-order valence-electron chi connectivity index (χ2n) is 5.46. The average Bonchev–Trinajstić information content (AvgIpc) is 2.60. The minimum atomic E-state index is -0.417. The Hall–Kier alpha value is -3.40. The summed E-state index contributed by atoms with van der Waals surface area (Å²) in [5.41, 5.74) is 8.83. The molecule has 0 bridgehead atoms. The van der Waals surface area contributed by atoms with Gasteiger partial charge in [0.2, 0.25) is 5.91 Å². The molecule has 0 aliphatic rings. The number of hydrogen-bond acceptors (Lipinski definition) is 3. The molecule has 0 saturated carbocycles. The fourth-order valence-electron chi connectivity index (χ4n) is 2.50. The van der Waals surface area contributed by atoms with Crippen LogP contribution < -0.4 is 11.6 Å². The number of carbonyl (C=O) groups excluding carboxylic acids is 1. The third-order valence-corrected chi connectivity index (χ3v) is 3.78. The summed E-state index contributed by atoms with van der Waals surface area (Å²) in [4.78, 5) is 11.1. The van der Waals surface area contributed by atoms with E-state index in [0.29, 0.717) is 5.56 Å². The number of hydrazone groups is 1. The summed E-state index contributed by atoms with van der Waals surface area (Å²) in [5.74, 6) is 4.77. The third-order valence-electron chi connectivity index (χ3n) is 3.78. The summed E-state index contributed by atoms with van der Waals surface area (Å²) in [7, 11) is 0. The first-order valence-corrected chi connectivity index (χ1v) is 7.51. The number of fused-ring (bicyclic) bond motifs is 1. The molecule has 3 rings (SSSR count). The van der Waals surface area contributed by atoms with Crippen LogP contribution >= 0.6 is 0 Å². The van der Waals surface area contributed by atoms with Gasteiger partial charge in [-0.15, -0.1) is 0 Å². The Bertz CT molecular complexity index is 941. The molecule has 4 heteroatoms. The molecule has 118 valence electrons. The van der Waals surface area contributed by atoms with Crippen LogP contribution in [0, 0.1) is 0 Å². The molecule has 0 aliphatic heterocycles. The minimum absolute atomic E-state index is 0.417. The van der Waals surface area contributed by atoms with Gasteiger partial charge in [0.15, 0.2) is 0 Å². The van der Waals surface area contributed by atoms with E-state index in [1.807, 2.05) is 42.5 Å². The molecule has 0 heterocycles. The van der Waals surface area contributed by atoms with Crippen molar-refractivity contribution < 1.29 is 4.79 Å². The molecule has 0 saturated heterocycles. The molecule has 4 nitrogen and oxygen atoms in total. The lowest BCUT2D eigenvalue weighted by Gasteiger charge is -2.02. The first-order chi connectivity index (χ1) is 11.7. The molecular weight excluding hydrogens is 298 g/mol. The monoisotopic (exact) mass is 315 g/mol. The van der Waals surface area contributed by atoms with Crippen molar-refractivity contribution in [2.45, 2.75) is 0 Å². The molecule has 0 aliphatic carbocycles. The zero-order chi connectivity index (χ0) is 16.9. The molecule has 0 atom stereocenters. The van der Waals surface area contributed by atoms with Crippen LogP contribution in [0.5, 0.6) is 0 Å². The van der Waals surface area contributed by atoms with E-state index in [-0.39, 0.29) is 0 Å². The second-order valence-corrected chi connectivity index (χ2v) is 5.46. The van der Waals surface area contributed by atoms with Gasteiger partial charge in [-0.25, -0.2) is 0 Å². The van der Waals surface area contributed by atoms with Gasteiger partial charge in [-0.2, -0.15) is 5.10 Å². The molecule has 0 spiro atoms. The van der Waals surface area contributed by atoms with Crippen molar-refractivity contribution in [2.24, 2.45) is 16.7 Å². The predicted octanol–water partition coefficient (Wildman–Crippen LogP) is 3.40. The zero-order valence-corrected chi connectivity index (χ0v) is 13.0. The number of rotatable bonds is 4. The van der Waals surface area contributed by atoms with E-state index in [4.69, 9.17) is 11.6 Å². The molecule has 4 N–H and O–H groups in total. The first-order valence-electron chi connectivity index (χ1n) is 7.51. The summed E-state index contributed by atoms with van der Waals surface area (Å²) < 4.78 is 0. The minimum Gasteiger partial charge on any atom is -0.366 e. The van der Waals surface area contributed by atoms with Crippen molar-refractivity contribution in [1.29, 1.82) is 0 Å². The van der Waals surface area contributed by atoms with Crippen LogP contribution in [0.3, 0.4) is 0 Å². The fraction of sp³-hybridized carbons (Fsp3) is 0. The predicted molar refractivity (Wildman–Crippen MR) is 99.6 cm³/mol. The quantitative estimate of drug-likeness (QED) is 0.335. The van der Waals surface area contributed by atoms with Crippen molar-refractivity contribution in [1.82, 2.24) is 0 Å². The Morgan fingerprint density at radius 1 is 0.792 bits per heavy atom. The molecule has 0 aromatic heterocycles. The lowest BCUT2D eigenvalue weighted by molar-refractivity contribution is 0.100. The SMILES string of the molecule is N/N=C\c1ccc2cc(/C=C/c3ccc(C(N)=O)cc3)ccc2c1. The fourth-order valence-corrected chi connectivity index (χ4v) is 2.50. The largest absolute Gasteiger partial charge is 0.366 e. The van der Waals surface area contributed by atoms with Crippen LogP contribution in [0.25, 0.3) is 22.9 Å². The van der Waals surface area contributed by atoms with Gasteiger partial charge in [-0.05, 0) is 51.7 Å². The highest BCUT2D eigenvalue weighted by atomic mass is 16.1. The standard InChI is InChI=1S/C20H17N3O/c21-20(24)17-7-3-14(4-8-17)1-2-15-5-9-19-12-16(13-23-22)6-10-18(19)11-15/h1-13H,22H2,(H2,21,24)/b2-1+,23-13-.